The number of aryl methyl sites for hydroxylation is 1. The van der Waals surface area contributed by atoms with Crippen molar-refractivity contribution in [1.82, 2.24) is 10.2 Å². The highest BCUT2D eigenvalue weighted by Crippen LogP contribution is 2.21. The molecule has 0 aliphatic carbocycles. The summed E-state index contributed by atoms with van der Waals surface area (Å²) in [6, 6.07) is 0. The topological polar surface area (TPSA) is 61.0 Å². The van der Waals surface area contributed by atoms with E-state index in [9.17, 15) is 0 Å². The number of nitrogens with two attached hydrogens (primary N) is 1. The van der Waals surface area contributed by atoms with Gasteiger partial charge in [-0.3, -0.25) is 0 Å². The van der Waals surface area contributed by atoms with Gasteiger partial charge in [-0.05, 0) is 6.42 Å². The molecule has 0 radical (unpaired) electrons. The first-order chi connectivity index (χ1) is 5.79. The Morgan fingerprint density at radius 2 is 2.33 bits per heavy atom. The Hall–Kier alpha value is -1.32. The van der Waals surface area contributed by atoms with Crippen LogP contribution in [0.5, 0.6) is 5.88 Å². The highest BCUT2D eigenvalue weighted by atomic mass is 16.5. The SMILES string of the molecule is CCCc1cnnc(OC)c1N. The second kappa shape index (κ2) is 3.90. The van der Waals surface area contributed by atoms with Crippen molar-refractivity contribution in [2.24, 2.45) is 0 Å². The average Bonchev–Trinajstić information content (AvgIpc) is 2.09. The third-order valence-electron chi connectivity index (χ3n) is 1.65. The maximum atomic E-state index is 5.75. The number of anilines is 1. The number of rotatable bonds is 3. The van der Waals surface area contributed by atoms with Gasteiger partial charge in [-0.25, -0.2) is 0 Å². The van der Waals surface area contributed by atoms with Crippen LogP contribution >= 0.6 is 0 Å². The lowest BCUT2D eigenvalue weighted by molar-refractivity contribution is 0.393. The summed E-state index contributed by atoms with van der Waals surface area (Å²) >= 11 is 0. The van der Waals surface area contributed by atoms with Gasteiger partial charge in [-0.2, -0.15) is 5.10 Å². The minimum Gasteiger partial charge on any atom is -0.478 e. The lowest BCUT2D eigenvalue weighted by Crippen LogP contribution is -2.01. The van der Waals surface area contributed by atoms with Gasteiger partial charge in [0.15, 0.2) is 0 Å². The van der Waals surface area contributed by atoms with E-state index >= 15 is 0 Å². The predicted molar refractivity (Wildman–Crippen MR) is 47.0 cm³/mol. The Balaban J connectivity index is 2.97. The molecule has 0 aromatic carbocycles. The molecule has 1 heterocycles. The number of hydrogen-bond acceptors (Lipinski definition) is 4. The van der Waals surface area contributed by atoms with Gasteiger partial charge in [0.2, 0.25) is 0 Å². The minimum atomic E-state index is 0.418. The van der Waals surface area contributed by atoms with E-state index in [0.29, 0.717) is 11.6 Å². The third-order valence-corrected chi connectivity index (χ3v) is 1.65. The molecule has 0 unspecified atom stereocenters. The van der Waals surface area contributed by atoms with Crippen LogP contribution in [-0.2, 0) is 6.42 Å². The van der Waals surface area contributed by atoms with Gasteiger partial charge in [0.25, 0.3) is 5.88 Å². The van der Waals surface area contributed by atoms with E-state index in [1.165, 1.54) is 7.11 Å². The minimum absolute atomic E-state index is 0.418. The van der Waals surface area contributed by atoms with Crippen molar-refractivity contribution >= 4 is 5.69 Å². The van der Waals surface area contributed by atoms with Crippen molar-refractivity contribution in [3.8, 4) is 5.88 Å². The van der Waals surface area contributed by atoms with Gasteiger partial charge in [-0.15, -0.1) is 5.10 Å². The molecule has 0 fully saturated rings. The Labute approximate surface area is 71.8 Å². The van der Waals surface area contributed by atoms with E-state index in [1.54, 1.807) is 6.20 Å². The molecular formula is C8H13N3O. The fourth-order valence-electron chi connectivity index (χ4n) is 1.03. The predicted octanol–water partition coefficient (Wildman–Crippen LogP) is 1.02. The van der Waals surface area contributed by atoms with E-state index < -0.39 is 0 Å². The summed E-state index contributed by atoms with van der Waals surface area (Å²) in [4.78, 5) is 0. The van der Waals surface area contributed by atoms with Crippen LogP contribution in [-0.4, -0.2) is 17.3 Å². The first kappa shape index (κ1) is 8.77. The zero-order chi connectivity index (χ0) is 8.97. The second-order valence-corrected chi connectivity index (χ2v) is 2.54. The Bertz CT molecular complexity index is 262. The molecule has 0 saturated heterocycles. The summed E-state index contributed by atoms with van der Waals surface area (Å²) in [7, 11) is 1.54. The van der Waals surface area contributed by atoms with Crippen molar-refractivity contribution < 1.29 is 4.74 Å². The standard InChI is InChI=1S/C8H13N3O/c1-3-4-6-5-10-11-8(12-2)7(6)9/h5H,3-4H2,1-2H3,(H2,9,10). The summed E-state index contributed by atoms with van der Waals surface area (Å²) < 4.78 is 4.93. The molecule has 1 rings (SSSR count). The lowest BCUT2D eigenvalue weighted by Gasteiger charge is -2.05. The Morgan fingerprint density at radius 1 is 1.58 bits per heavy atom. The van der Waals surface area contributed by atoms with E-state index in [2.05, 4.69) is 17.1 Å². The largest absolute Gasteiger partial charge is 0.478 e. The van der Waals surface area contributed by atoms with E-state index in [-0.39, 0.29) is 0 Å². The van der Waals surface area contributed by atoms with Crippen LogP contribution < -0.4 is 10.5 Å². The summed E-state index contributed by atoms with van der Waals surface area (Å²) in [5.41, 5.74) is 7.36. The molecule has 66 valence electrons. The van der Waals surface area contributed by atoms with Crippen molar-refractivity contribution in [2.75, 3.05) is 12.8 Å². The van der Waals surface area contributed by atoms with Crippen molar-refractivity contribution in [2.45, 2.75) is 19.8 Å². The molecule has 0 bridgehead atoms. The molecule has 0 aliphatic rings. The van der Waals surface area contributed by atoms with Gasteiger partial charge >= 0.3 is 0 Å². The lowest BCUT2D eigenvalue weighted by atomic mass is 10.1. The van der Waals surface area contributed by atoms with Gasteiger partial charge in [0, 0.05) is 5.56 Å². The molecule has 4 nitrogen and oxygen atoms in total. The zero-order valence-corrected chi connectivity index (χ0v) is 7.37. The molecule has 2 N–H and O–H groups in total. The van der Waals surface area contributed by atoms with Crippen LogP contribution in [0.15, 0.2) is 6.20 Å². The van der Waals surface area contributed by atoms with Gasteiger partial charge in [0.1, 0.15) is 5.69 Å². The average molecular weight is 167 g/mol. The molecule has 0 amide bonds. The normalized spacial score (nSPS) is 9.83. The molecule has 4 heteroatoms. The Kier molecular flexibility index (Phi) is 2.85. The van der Waals surface area contributed by atoms with Crippen molar-refractivity contribution in [3.05, 3.63) is 11.8 Å². The van der Waals surface area contributed by atoms with Crippen molar-refractivity contribution in [3.63, 3.8) is 0 Å². The monoisotopic (exact) mass is 167 g/mol. The first-order valence-electron chi connectivity index (χ1n) is 3.93. The summed E-state index contributed by atoms with van der Waals surface area (Å²) in [6.45, 7) is 2.09. The summed E-state index contributed by atoms with van der Waals surface area (Å²) in [6.07, 6.45) is 3.64. The quantitative estimate of drug-likeness (QED) is 0.730. The van der Waals surface area contributed by atoms with Crippen LogP contribution in [0.2, 0.25) is 0 Å². The number of methoxy groups -OCH3 is 1. The van der Waals surface area contributed by atoms with Crippen molar-refractivity contribution in [1.29, 1.82) is 0 Å². The number of ether oxygens (including phenoxy) is 1. The molecule has 0 saturated carbocycles. The van der Waals surface area contributed by atoms with Crippen LogP contribution in [0, 0.1) is 0 Å². The number of aromatic nitrogens is 2. The summed E-state index contributed by atoms with van der Waals surface area (Å²) in [5.74, 6) is 0.418. The van der Waals surface area contributed by atoms with Gasteiger partial charge in [-0.1, -0.05) is 13.3 Å². The Morgan fingerprint density at radius 3 is 2.92 bits per heavy atom. The molecular weight excluding hydrogens is 154 g/mol. The van der Waals surface area contributed by atoms with Crippen LogP contribution in [0.4, 0.5) is 5.69 Å². The van der Waals surface area contributed by atoms with Gasteiger partial charge < -0.3 is 10.5 Å². The maximum Gasteiger partial charge on any atom is 0.256 e. The molecule has 12 heavy (non-hydrogen) atoms. The van der Waals surface area contributed by atoms with Crippen LogP contribution in [0.3, 0.4) is 0 Å². The van der Waals surface area contributed by atoms with E-state index in [1.807, 2.05) is 0 Å². The zero-order valence-electron chi connectivity index (χ0n) is 7.37. The van der Waals surface area contributed by atoms with E-state index in [0.717, 1.165) is 18.4 Å². The number of nitrogen functional groups attached to an aromatic ring is 1. The number of hydrogen-bond donors (Lipinski definition) is 1. The fourth-order valence-corrected chi connectivity index (χ4v) is 1.03. The first-order valence-corrected chi connectivity index (χ1v) is 3.93. The highest BCUT2D eigenvalue weighted by Gasteiger charge is 2.05. The van der Waals surface area contributed by atoms with Crippen LogP contribution in [0.1, 0.15) is 18.9 Å². The van der Waals surface area contributed by atoms with E-state index in [4.69, 9.17) is 10.5 Å². The maximum absolute atomic E-state index is 5.75. The second-order valence-electron chi connectivity index (χ2n) is 2.54. The smallest absolute Gasteiger partial charge is 0.256 e. The molecule has 0 aliphatic heterocycles. The van der Waals surface area contributed by atoms with Crippen LogP contribution in [0.25, 0.3) is 0 Å². The molecule has 1 aromatic rings. The molecule has 0 atom stereocenters. The van der Waals surface area contributed by atoms with Gasteiger partial charge in [0.05, 0.1) is 13.3 Å². The fraction of sp³-hybridized carbons (Fsp3) is 0.500. The third kappa shape index (κ3) is 1.64. The highest BCUT2D eigenvalue weighted by molar-refractivity contribution is 5.53. The molecule has 1 aromatic heterocycles. The summed E-state index contributed by atoms with van der Waals surface area (Å²) in [5, 5.41) is 7.52. The number of nitrogens with zero attached hydrogens (tertiary/aromatic N) is 2. The molecule has 0 spiro atoms.